The molecule has 0 aromatic carbocycles. The maximum absolute atomic E-state index is 5.80. The molecule has 2 N–H and O–H groups in total. The molecule has 0 amide bonds. The Labute approximate surface area is 154 Å². The van der Waals surface area contributed by atoms with E-state index in [1.807, 2.05) is 7.05 Å². The number of hydrogen-bond acceptors (Lipinski definition) is 3. The zero-order valence-electron chi connectivity index (χ0n) is 16.4. The van der Waals surface area contributed by atoms with E-state index in [2.05, 4.69) is 22.5 Å². The summed E-state index contributed by atoms with van der Waals surface area (Å²) in [5.41, 5.74) is 0. The lowest BCUT2D eigenvalue weighted by Gasteiger charge is -2.26. The summed E-state index contributed by atoms with van der Waals surface area (Å²) in [5, 5.41) is 6.85. The Morgan fingerprint density at radius 2 is 1.88 bits per heavy atom. The molecule has 0 aromatic heterocycles. The topological polar surface area (TPSA) is 54.9 Å². The lowest BCUT2D eigenvalue weighted by Crippen LogP contribution is -2.39. The predicted octanol–water partition coefficient (Wildman–Crippen LogP) is 3.20. The molecule has 2 fully saturated rings. The molecule has 0 aromatic rings. The second-order valence-electron chi connectivity index (χ2n) is 7.84. The number of nitrogens with zero attached hydrogens (tertiary/aromatic N) is 1. The number of nitrogens with one attached hydrogen (secondary N) is 2. The molecule has 1 aliphatic carbocycles. The van der Waals surface area contributed by atoms with E-state index in [0.717, 1.165) is 76.6 Å². The fraction of sp³-hybridized carbons (Fsp3) is 0.950. The van der Waals surface area contributed by atoms with Crippen molar-refractivity contribution in [3.63, 3.8) is 0 Å². The van der Waals surface area contributed by atoms with Gasteiger partial charge in [-0.25, -0.2) is 0 Å². The highest BCUT2D eigenvalue weighted by molar-refractivity contribution is 5.79. The van der Waals surface area contributed by atoms with Gasteiger partial charge in [-0.15, -0.1) is 0 Å². The molecule has 2 aliphatic rings. The summed E-state index contributed by atoms with van der Waals surface area (Å²) in [6, 6.07) is 0. The Bertz CT molecular complexity index is 370. The first-order chi connectivity index (χ1) is 12.3. The Kier molecular flexibility index (Phi) is 10.3. The first-order valence-electron chi connectivity index (χ1n) is 10.4. The molecular weight excluding hydrogens is 314 g/mol. The third kappa shape index (κ3) is 8.91. The average molecular weight is 354 g/mol. The van der Waals surface area contributed by atoms with Gasteiger partial charge in [-0.1, -0.05) is 26.2 Å². The van der Waals surface area contributed by atoms with Crippen LogP contribution in [0.4, 0.5) is 0 Å². The molecule has 0 bridgehead atoms. The van der Waals surface area contributed by atoms with Crippen LogP contribution < -0.4 is 10.6 Å². The van der Waals surface area contributed by atoms with Crippen LogP contribution in [0.2, 0.25) is 0 Å². The summed E-state index contributed by atoms with van der Waals surface area (Å²) >= 11 is 0. The third-order valence-corrected chi connectivity index (χ3v) is 5.57. The maximum atomic E-state index is 5.80. The van der Waals surface area contributed by atoms with Crippen molar-refractivity contribution in [3.8, 4) is 0 Å². The number of hydrogen-bond donors (Lipinski definition) is 2. The minimum Gasteiger partial charge on any atom is -0.381 e. The fourth-order valence-electron chi connectivity index (χ4n) is 3.98. The van der Waals surface area contributed by atoms with Gasteiger partial charge in [0.25, 0.3) is 0 Å². The Morgan fingerprint density at radius 1 is 1.08 bits per heavy atom. The van der Waals surface area contributed by atoms with Crippen molar-refractivity contribution in [1.29, 1.82) is 0 Å². The molecule has 0 spiro atoms. The molecule has 5 nitrogen and oxygen atoms in total. The van der Waals surface area contributed by atoms with Crippen molar-refractivity contribution in [2.24, 2.45) is 22.7 Å². The SMILES string of the molecule is CN=C(NCCCOCC1CCOCC1)NCCC1CCCC(C)C1. The van der Waals surface area contributed by atoms with Crippen LogP contribution in [0, 0.1) is 17.8 Å². The lowest BCUT2D eigenvalue weighted by atomic mass is 9.81. The minimum absolute atomic E-state index is 0.693. The van der Waals surface area contributed by atoms with E-state index in [-0.39, 0.29) is 0 Å². The quantitative estimate of drug-likeness (QED) is 0.380. The molecule has 146 valence electrons. The van der Waals surface area contributed by atoms with E-state index < -0.39 is 0 Å². The normalized spacial score (nSPS) is 25.8. The molecule has 1 saturated carbocycles. The van der Waals surface area contributed by atoms with Crippen LogP contribution in [0.25, 0.3) is 0 Å². The molecule has 1 aliphatic heterocycles. The van der Waals surface area contributed by atoms with E-state index >= 15 is 0 Å². The minimum atomic E-state index is 0.693. The summed E-state index contributed by atoms with van der Waals surface area (Å²) < 4.78 is 11.2. The van der Waals surface area contributed by atoms with Gasteiger partial charge in [0.2, 0.25) is 0 Å². The van der Waals surface area contributed by atoms with Crippen molar-refractivity contribution >= 4 is 5.96 Å². The largest absolute Gasteiger partial charge is 0.381 e. The van der Waals surface area contributed by atoms with E-state index in [0.29, 0.717) is 5.92 Å². The average Bonchev–Trinajstić information content (AvgIpc) is 2.64. The first-order valence-corrected chi connectivity index (χ1v) is 10.4. The maximum Gasteiger partial charge on any atom is 0.190 e. The summed E-state index contributed by atoms with van der Waals surface area (Å²) in [7, 11) is 1.85. The van der Waals surface area contributed by atoms with Gasteiger partial charge in [-0.05, 0) is 49.9 Å². The molecule has 2 rings (SSSR count). The second-order valence-corrected chi connectivity index (χ2v) is 7.84. The Morgan fingerprint density at radius 3 is 2.64 bits per heavy atom. The molecule has 0 radical (unpaired) electrons. The van der Waals surface area contributed by atoms with Crippen LogP contribution in [0.15, 0.2) is 4.99 Å². The highest BCUT2D eigenvalue weighted by Gasteiger charge is 2.18. The highest BCUT2D eigenvalue weighted by Crippen LogP contribution is 2.30. The molecule has 5 heteroatoms. The van der Waals surface area contributed by atoms with Gasteiger partial charge in [0.1, 0.15) is 0 Å². The van der Waals surface area contributed by atoms with Crippen LogP contribution in [0.1, 0.15) is 58.3 Å². The van der Waals surface area contributed by atoms with Gasteiger partial charge >= 0.3 is 0 Å². The van der Waals surface area contributed by atoms with E-state index in [9.17, 15) is 0 Å². The van der Waals surface area contributed by atoms with Gasteiger partial charge in [-0.3, -0.25) is 4.99 Å². The molecule has 2 unspecified atom stereocenters. The monoisotopic (exact) mass is 353 g/mol. The number of rotatable bonds is 9. The standard InChI is InChI=1S/C20H39N3O2/c1-17-5-3-6-18(15-17)7-11-23-20(21-2)22-10-4-12-25-16-19-8-13-24-14-9-19/h17-19H,3-16H2,1-2H3,(H2,21,22,23). The summed E-state index contributed by atoms with van der Waals surface area (Å²) in [6.45, 7) is 7.83. The van der Waals surface area contributed by atoms with Crippen LogP contribution in [0.3, 0.4) is 0 Å². The van der Waals surface area contributed by atoms with Crippen LogP contribution in [0.5, 0.6) is 0 Å². The van der Waals surface area contributed by atoms with Gasteiger partial charge in [0.05, 0.1) is 0 Å². The van der Waals surface area contributed by atoms with E-state index in [1.54, 1.807) is 0 Å². The number of aliphatic imine (C=N–C) groups is 1. The smallest absolute Gasteiger partial charge is 0.190 e. The molecular formula is C20H39N3O2. The summed E-state index contributed by atoms with van der Waals surface area (Å²) in [4.78, 5) is 4.32. The van der Waals surface area contributed by atoms with Crippen molar-refractivity contribution in [2.45, 2.75) is 58.3 Å². The van der Waals surface area contributed by atoms with Crippen molar-refractivity contribution in [1.82, 2.24) is 10.6 Å². The Balaban J connectivity index is 1.44. The first kappa shape index (κ1) is 20.5. The van der Waals surface area contributed by atoms with Crippen LogP contribution in [-0.2, 0) is 9.47 Å². The molecule has 1 saturated heterocycles. The van der Waals surface area contributed by atoms with Crippen molar-refractivity contribution in [3.05, 3.63) is 0 Å². The highest BCUT2D eigenvalue weighted by atomic mass is 16.5. The van der Waals surface area contributed by atoms with Gasteiger partial charge in [0.15, 0.2) is 5.96 Å². The Hall–Kier alpha value is -0.810. The van der Waals surface area contributed by atoms with Crippen LogP contribution in [-0.4, -0.2) is 52.5 Å². The van der Waals surface area contributed by atoms with E-state index in [4.69, 9.17) is 9.47 Å². The van der Waals surface area contributed by atoms with Crippen molar-refractivity contribution < 1.29 is 9.47 Å². The zero-order valence-corrected chi connectivity index (χ0v) is 16.4. The van der Waals surface area contributed by atoms with E-state index in [1.165, 1.54) is 32.1 Å². The van der Waals surface area contributed by atoms with Crippen molar-refractivity contribution in [2.75, 3.05) is 46.6 Å². The summed E-state index contributed by atoms with van der Waals surface area (Å²) in [6.07, 6.45) is 10.2. The molecule has 2 atom stereocenters. The summed E-state index contributed by atoms with van der Waals surface area (Å²) in [5.74, 6) is 3.43. The predicted molar refractivity (Wildman–Crippen MR) is 104 cm³/mol. The van der Waals surface area contributed by atoms with Gasteiger partial charge in [-0.2, -0.15) is 0 Å². The zero-order chi connectivity index (χ0) is 17.7. The third-order valence-electron chi connectivity index (χ3n) is 5.57. The van der Waals surface area contributed by atoms with Gasteiger partial charge in [0, 0.05) is 46.6 Å². The number of ether oxygens (including phenoxy) is 2. The molecule has 25 heavy (non-hydrogen) atoms. The second kappa shape index (κ2) is 12.5. The van der Waals surface area contributed by atoms with Gasteiger partial charge < -0.3 is 20.1 Å². The lowest BCUT2D eigenvalue weighted by molar-refractivity contribution is 0.0203. The molecule has 1 heterocycles. The fourth-order valence-corrected chi connectivity index (χ4v) is 3.98. The van der Waals surface area contributed by atoms with Crippen LogP contribution >= 0.6 is 0 Å². The number of guanidine groups is 1.